The molecule has 0 fully saturated rings. The molecule has 134 valence electrons. The Morgan fingerprint density at radius 3 is 2.42 bits per heavy atom. The monoisotopic (exact) mass is 354 g/mol. The first kappa shape index (κ1) is 17.4. The Bertz CT molecular complexity index is 990. The largest absolute Gasteiger partial charge is 0.493 e. The zero-order chi connectivity index (χ0) is 18.8. The molecule has 2 aromatic carbocycles. The number of benzene rings is 2. The fourth-order valence-electron chi connectivity index (χ4n) is 2.74. The lowest BCUT2D eigenvalue weighted by molar-refractivity contribution is -0.384. The van der Waals surface area contributed by atoms with Gasteiger partial charge in [0.2, 0.25) is 0 Å². The molecule has 3 aromatic rings. The van der Waals surface area contributed by atoms with Gasteiger partial charge in [-0.2, -0.15) is 0 Å². The van der Waals surface area contributed by atoms with Crippen molar-refractivity contribution in [2.75, 3.05) is 26.2 Å². The number of aryl methyl sites for hydroxylation is 1. The van der Waals surface area contributed by atoms with E-state index in [1.165, 1.54) is 12.1 Å². The molecule has 26 heavy (non-hydrogen) atoms. The first-order chi connectivity index (χ1) is 12.4. The second kappa shape index (κ2) is 6.83. The average molecular weight is 354 g/mol. The molecule has 8 heteroatoms. The third kappa shape index (κ3) is 3.08. The number of rotatable bonds is 5. The molecule has 1 aromatic heterocycles. The van der Waals surface area contributed by atoms with E-state index in [2.05, 4.69) is 9.97 Å². The summed E-state index contributed by atoms with van der Waals surface area (Å²) in [6, 6.07) is 10.0. The number of nitro groups is 1. The third-order valence-electron chi connectivity index (χ3n) is 4.05. The molecule has 0 N–H and O–H groups in total. The third-order valence-corrected chi connectivity index (χ3v) is 4.05. The number of hydrogen-bond donors (Lipinski definition) is 0. The molecule has 0 aliphatic heterocycles. The number of anilines is 2. The molecular weight excluding hydrogens is 336 g/mol. The van der Waals surface area contributed by atoms with Crippen LogP contribution in [0.5, 0.6) is 11.5 Å². The minimum atomic E-state index is -0.431. The predicted octanol–water partition coefficient (Wildman–Crippen LogP) is 3.63. The summed E-state index contributed by atoms with van der Waals surface area (Å²) in [6.45, 7) is 1.78. The van der Waals surface area contributed by atoms with Crippen LogP contribution in [0.25, 0.3) is 10.9 Å². The predicted molar refractivity (Wildman–Crippen MR) is 98.5 cm³/mol. The first-order valence-electron chi connectivity index (χ1n) is 7.83. The SMILES string of the molecule is COc1ccc(N(C)c2nc(C)nc3ccc([N+](=O)[O-])cc23)cc1OC. The van der Waals surface area contributed by atoms with Crippen molar-refractivity contribution in [1.82, 2.24) is 9.97 Å². The molecule has 0 saturated heterocycles. The van der Waals surface area contributed by atoms with Crippen molar-refractivity contribution >= 4 is 28.1 Å². The van der Waals surface area contributed by atoms with Crippen LogP contribution in [0, 0.1) is 17.0 Å². The normalized spacial score (nSPS) is 10.6. The summed E-state index contributed by atoms with van der Waals surface area (Å²) in [5.41, 5.74) is 1.44. The average Bonchev–Trinajstić information content (AvgIpc) is 2.65. The first-order valence-corrected chi connectivity index (χ1v) is 7.83. The molecule has 0 saturated carbocycles. The van der Waals surface area contributed by atoms with Crippen LogP contribution < -0.4 is 14.4 Å². The van der Waals surface area contributed by atoms with Gasteiger partial charge in [-0.05, 0) is 25.1 Å². The molecule has 0 unspecified atom stereocenters. The topological polar surface area (TPSA) is 90.6 Å². The van der Waals surface area contributed by atoms with Crippen LogP contribution in [0.1, 0.15) is 5.82 Å². The van der Waals surface area contributed by atoms with Crippen LogP contribution >= 0.6 is 0 Å². The molecular formula is C18H18N4O4. The van der Waals surface area contributed by atoms with Crippen molar-refractivity contribution in [3.63, 3.8) is 0 Å². The van der Waals surface area contributed by atoms with Gasteiger partial charge in [0.15, 0.2) is 11.5 Å². The number of nitrogens with zero attached hydrogens (tertiary/aromatic N) is 4. The van der Waals surface area contributed by atoms with Crippen LogP contribution in [-0.4, -0.2) is 36.2 Å². The highest BCUT2D eigenvalue weighted by atomic mass is 16.6. The Morgan fingerprint density at radius 2 is 1.77 bits per heavy atom. The van der Waals surface area contributed by atoms with E-state index >= 15 is 0 Å². The van der Waals surface area contributed by atoms with Gasteiger partial charge in [0.25, 0.3) is 5.69 Å². The Balaban J connectivity index is 2.17. The zero-order valence-electron chi connectivity index (χ0n) is 14.9. The second-order valence-corrected chi connectivity index (χ2v) is 5.65. The standard InChI is InChI=1S/C18H18N4O4/c1-11-19-15-7-5-13(22(23)24)9-14(15)18(20-11)21(2)12-6-8-16(25-3)17(10-12)26-4/h5-10H,1-4H3. The molecule has 0 aliphatic carbocycles. The smallest absolute Gasteiger partial charge is 0.270 e. The van der Waals surface area contributed by atoms with Gasteiger partial charge in [-0.25, -0.2) is 9.97 Å². The summed E-state index contributed by atoms with van der Waals surface area (Å²) in [4.78, 5) is 21.4. The summed E-state index contributed by atoms with van der Waals surface area (Å²) in [5.74, 6) is 2.35. The maximum Gasteiger partial charge on any atom is 0.270 e. The number of nitro benzene ring substituents is 1. The van der Waals surface area contributed by atoms with Crippen molar-refractivity contribution < 1.29 is 14.4 Å². The number of methoxy groups -OCH3 is 2. The van der Waals surface area contributed by atoms with Crippen LogP contribution in [0.15, 0.2) is 36.4 Å². The highest BCUT2D eigenvalue weighted by Crippen LogP contribution is 2.36. The number of aromatic nitrogens is 2. The molecule has 0 radical (unpaired) electrons. The van der Waals surface area contributed by atoms with Gasteiger partial charge < -0.3 is 14.4 Å². The Kier molecular flexibility index (Phi) is 4.57. The summed E-state index contributed by atoms with van der Waals surface area (Å²) >= 11 is 0. The van der Waals surface area contributed by atoms with Gasteiger partial charge in [-0.3, -0.25) is 10.1 Å². The van der Waals surface area contributed by atoms with Crippen molar-refractivity contribution in [2.24, 2.45) is 0 Å². The quantitative estimate of drug-likeness (QED) is 0.510. The van der Waals surface area contributed by atoms with Gasteiger partial charge in [-0.1, -0.05) is 0 Å². The van der Waals surface area contributed by atoms with Gasteiger partial charge in [0.05, 0.1) is 30.0 Å². The van der Waals surface area contributed by atoms with Crippen molar-refractivity contribution in [1.29, 1.82) is 0 Å². The molecule has 8 nitrogen and oxygen atoms in total. The van der Waals surface area contributed by atoms with Gasteiger partial charge in [-0.15, -0.1) is 0 Å². The molecule has 3 rings (SSSR count). The van der Waals surface area contributed by atoms with Crippen LogP contribution in [0.3, 0.4) is 0 Å². The number of non-ortho nitro benzene ring substituents is 1. The molecule has 1 heterocycles. The Morgan fingerprint density at radius 1 is 1.04 bits per heavy atom. The van der Waals surface area contributed by atoms with E-state index in [1.54, 1.807) is 33.3 Å². The van der Waals surface area contributed by atoms with E-state index < -0.39 is 4.92 Å². The van der Waals surface area contributed by atoms with Crippen LogP contribution in [0.2, 0.25) is 0 Å². The van der Waals surface area contributed by atoms with Crippen molar-refractivity contribution in [3.8, 4) is 11.5 Å². The van der Waals surface area contributed by atoms with E-state index in [0.29, 0.717) is 34.0 Å². The van der Waals surface area contributed by atoms with Crippen LogP contribution in [-0.2, 0) is 0 Å². The van der Waals surface area contributed by atoms with Crippen molar-refractivity contribution in [2.45, 2.75) is 6.92 Å². The summed E-state index contributed by atoms with van der Waals surface area (Å²) in [7, 11) is 4.97. The lowest BCUT2D eigenvalue weighted by Gasteiger charge is -2.21. The van der Waals surface area contributed by atoms with E-state index in [1.807, 2.05) is 24.1 Å². The number of fused-ring (bicyclic) bond motifs is 1. The lowest BCUT2D eigenvalue weighted by Crippen LogP contribution is -2.13. The fourth-order valence-corrected chi connectivity index (χ4v) is 2.74. The highest BCUT2D eigenvalue weighted by molar-refractivity contribution is 5.93. The maximum absolute atomic E-state index is 11.1. The summed E-state index contributed by atoms with van der Waals surface area (Å²) in [5, 5.41) is 11.7. The van der Waals surface area contributed by atoms with Gasteiger partial charge >= 0.3 is 0 Å². The Hall–Kier alpha value is -3.42. The zero-order valence-corrected chi connectivity index (χ0v) is 14.9. The van der Waals surface area contributed by atoms with Crippen LogP contribution in [0.4, 0.5) is 17.2 Å². The number of hydrogen-bond acceptors (Lipinski definition) is 7. The minimum absolute atomic E-state index is 0.00749. The molecule has 0 amide bonds. The summed E-state index contributed by atoms with van der Waals surface area (Å²) in [6.07, 6.45) is 0. The molecule has 0 aliphatic rings. The molecule has 0 atom stereocenters. The van der Waals surface area contributed by atoms with E-state index in [4.69, 9.17) is 9.47 Å². The number of ether oxygens (including phenoxy) is 2. The van der Waals surface area contributed by atoms with Gasteiger partial charge in [0.1, 0.15) is 11.6 Å². The lowest BCUT2D eigenvalue weighted by atomic mass is 10.2. The fraction of sp³-hybridized carbons (Fsp3) is 0.222. The Labute approximate surface area is 150 Å². The van der Waals surface area contributed by atoms with E-state index in [9.17, 15) is 10.1 Å². The van der Waals surface area contributed by atoms with E-state index in [0.717, 1.165) is 5.69 Å². The minimum Gasteiger partial charge on any atom is -0.493 e. The van der Waals surface area contributed by atoms with Crippen molar-refractivity contribution in [3.05, 3.63) is 52.3 Å². The maximum atomic E-state index is 11.1. The summed E-state index contributed by atoms with van der Waals surface area (Å²) < 4.78 is 10.6. The molecule has 0 spiro atoms. The highest BCUT2D eigenvalue weighted by Gasteiger charge is 2.17. The van der Waals surface area contributed by atoms with E-state index in [-0.39, 0.29) is 5.69 Å². The van der Waals surface area contributed by atoms with Gasteiger partial charge in [0, 0.05) is 30.9 Å². The second-order valence-electron chi connectivity index (χ2n) is 5.65. The molecule has 0 bridgehead atoms.